The van der Waals surface area contributed by atoms with Gasteiger partial charge in [0.25, 0.3) is 5.91 Å². The number of carbonyl (C=O) groups is 2. The summed E-state index contributed by atoms with van der Waals surface area (Å²) >= 11 is 0. The van der Waals surface area contributed by atoms with E-state index in [2.05, 4.69) is 10.3 Å². The van der Waals surface area contributed by atoms with Gasteiger partial charge in [0, 0.05) is 17.8 Å². The van der Waals surface area contributed by atoms with Crippen molar-refractivity contribution in [3.05, 3.63) is 137 Å². The van der Waals surface area contributed by atoms with E-state index in [1.54, 1.807) is 12.1 Å². The van der Waals surface area contributed by atoms with Gasteiger partial charge in [-0.05, 0) is 64.2 Å². The number of benzene rings is 4. The monoisotopic (exact) mass is 539 g/mol. The number of carbonyl (C=O) groups excluding carboxylic acids is 2. The summed E-state index contributed by atoms with van der Waals surface area (Å²) in [5.74, 6) is -3.52. The van der Waals surface area contributed by atoms with E-state index in [1.807, 2.05) is 42.5 Å². The average molecular weight is 540 g/mol. The minimum atomic E-state index is -0.931. The van der Waals surface area contributed by atoms with Crippen LogP contribution >= 0.6 is 0 Å². The molecule has 1 unspecified atom stereocenters. The van der Waals surface area contributed by atoms with E-state index in [-0.39, 0.29) is 24.3 Å². The Kier molecular flexibility index (Phi) is 7.59. The topological polar surface area (TPSA) is 85.1 Å². The molecule has 0 saturated heterocycles. The second kappa shape index (κ2) is 11.4. The van der Waals surface area contributed by atoms with Gasteiger partial charge in [-0.25, -0.2) is 13.2 Å². The van der Waals surface area contributed by atoms with Crippen LogP contribution in [0.25, 0.3) is 21.9 Å². The van der Waals surface area contributed by atoms with Gasteiger partial charge in [-0.3, -0.25) is 14.6 Å². The molecule has 2 amide bonds. The maximum Gasteiger partial charge on any atom is 0.251 e. The summed E-state index contributed by atoms with van der Waals surface area (Å²) in [6.07, 6.45) is 1.59. The molecule has 200 valence electrons. The van der Waals surface area contributed by atoms with Crippen LogP contribution in [0.5, 0.6) is 0 Å². The molecule has 1 heterocycles. The molecule has 0 bridgehead atoms. The molecule has 40 heavy (non-hydrogen) atoms. The number of halogens is 3. The van der Waals surface area contributed by atoms with Gasteiger partial charge < -0.3 is 11.1 Å². The molecular formula is C32H24F3N3O2. The third-order valence-electron chi connectivity index (χ3n) is 6.64. The Balaban J connectivity index is 1.54. The second-order valence-electron chi connectivity index (χ2n) is 9.41. The number of nitrogens with two attached hydrogens (primary N) is 1. The summed E-state index contributed by atoms with van der Waals surface area (Å²) < 4.78 is 42.3. The zero-order chi connectivity index (χ0) is 28.2. The Morgan fingerprint density at radius 3 is 2.38 bits per heavy atom. The van der Waals surface area contributed by atoms with Crippen molar-refractivity contribution in [2.24, 2.45) is 5.73 Å². The predicted molar refractivity (Wildman–Crippen MR) is 147 cm³/mol. The zero-order valence-corrected chi connectivity index (χ0v) is 21.2. The van der Waals surface area contributed by atoms with Crippen LogP contribution < -0.4 is 11.1 Å². The number of primary amides is 1. The average Bonchev–Trinajstić information content (AvgIpc) is 2.92. The molecule has 0 saturated carbocycles. The summed E-state index contributed by atoms with van der Waals surface area (Å²) in [6, 6.07) is 23.0. The lowest BCUT2D eigenvalue weighted by atomic mass is 9.94. The van der Waals surface area contributed by atoms with Crippen LogP contribution in [-0.2, 0) is 17.6 Å². The van der Waals surface area contributed by atoms with Gasteiger partial charge in [0.15, 0.2) is 0 Å². The number of pyridine rings is 1. The highest BCUT2D eigenvalue weighted by atomic mass is 19.1. The standard InChI is InChI=1S/C32H24F3N3O2/c33-23-13-19(14-24(34)18-23)15-29(38-30(39)17-21-7-3-6-20-5-1-2-8-25(20)21)31-26(9-4-12-37-31)22-10-11-28(35)27(16-22)32(36)40/h1-14,16,18,29H,15,17H2,(H2,36,40)(H,38,39). The van der Waals surface area contributed by atoms with Crippen LogP contribution in [0.1, 0.15) is 33.2 Å². The van der Waals surface area contributed by atoms with Crippen LogP contribution in [0.3, 0.4) is 0 Å². The first-order valence-electron chi connectivity index (χ1n) is 12.5. The van der Waals surface area contributed by atoms with E-state index in [0.29, 0.717) is 22.4 Å². The molecule has 0 aliphatic rings. The maximum absolute atomic E-state index is 14.2. The molecule has 1 atom stereocenters. The SMILES string of the molecule is NC(=O)c1cc(-c2cccnc2C(Cc2cc(F)cc(F)c2)NC(=O)Cc2cccc3ccccc23)ccc1F. The molecule has 0 fully saturated rings. The van der Waals surface area contributed by atoms with E-state index in [0.717, 1.165) is 28.5 Å². The van der Waals surface area contributed by atoms with Crippen molar-refractivity contribution in [1.82, 2.24) is 10.3 Å². The first-order chi connectivity index (χ1) is 19.3. The number of amides is 2. The number of hydrogen-bond donors (Lipinski definition) is 2. The molecule has 5 nitrogen and oxygen atoms in total. The number of aromatic nitrogens is 1. The Morgan fingerprint density at radius 1 is 0.850 bits per heavy atom. The lowest BCUT2D eigenvalue weighted by Gasteiger charge is -2.22. The fraction of sp³-hybridized carbons (Fsp3) is 0.0938. The fourth-order valence-corrected chi connectivity index (χ4v) is 4.87. The van der Waals surface area contributed by atoms with Gasteiger partial charge in [0.1, 0.15) is 17.5 Å². The largest absolute Gasteiger partial charge is 0.366 e. The zero-order valence-electron chi connectivity index (χ0n) is 21.2. The molecule has 0 radical (unpaired) electrons. The van der Waals surface area contributed by atoms with Crippen molar-refractivity contribution in [1.29, 1.82) is 0 Å². The molecule has 1 aromatic heterocycles. The van der Waals surface area contributed by atoms with E-state index in [1.165, 1.54) is 30.5 Å². The molecule has 0 spiro atoms. The van der Waals surface area contributed by atoms with E-state index in [9.17, 15) is 22.8 Å². The van der Waals surface area contributed by atoms with Crippen LogP contribution in [0.15, 0.2) is 97.2 Å². The van der Waals surface area contributed by atoms with Crippen molar-refractivity contribution < 1.29 is 22.8 Å². The van der Waals surface area contributed by atoms with Crippen LogP contribution in [0.4, 0.5) is 13.2 Å². The third-order valence-corrected chi connectivity index (χ3v) is 6.64. The van der Waals surface area contributed by atoms with Crippen molar-refractivity contribution in [2.75, 3.05) is 0 Å². The third kappa shape index (κ3) is 5.86. The van der Waals surface area contributed by atoms with E-state index >= 15 is 0 Å². The van der Waals surface area contributed by atoms with Gasteiger partial charge in [-0.15, -0.1) is 0 Å². The quantitative estimate of drug-likeness (QED) is 0.251. The van der Waals surface area contributed by atoms with Gasteiger partial charge in [-0.2, -0.15) is 0 Å². The Labute approximate surface area is 228 Å². The first-order valence-corrected chi connectivity index (χ1v) is 12.5. The van der Waals surface area contributed by atoms with Crippen molar-refractivity contribution in [3.63, 3.8) is 0 Å². The van der Waals surface area contributed by atoms with Gasteiger partial charge in [0.2, 0.25) is 5.91 Å². The number of rotatable bonds is 8. The summed E-state index contributed by atoms with van der Waals surface area (Å²) in [4.78, 5) is 29.7. The van der Waals surface area contributed by atoms with Crippen molar-refractivity contribution in [3.8, 4) is 11.1 Å². The van der Waals surface area contributed by atoms with Crippen LogP contribution in [-0.4, -0.2) is 16.8 Å². The highest BCUT2D eigenvalue weighted by Crippen LogP contribution is 2.30. The van der Waals surface area contributed by atoms with E-state index < -0.39 is 29.4 Å². The molecule has 8 heteroatoms. The predicted octanol–water partition coefficient (Wildman–Crippen LogP) is 6.06. The molecular weight excluding hydrogens is 515 g/mol. The summed E-state index contributed by atoms with van der Waals surface area (Å²) in [6.45, 7) is 0. The molecule has 4 aromatic carbocycles. The molecule has 0 aliphatic heterocycles. The van der Waals surface area contributed by atoms with Crippen molar-refractivity contribution >= 4 is 22.6 Å². The van der Waals surface area contributed by atoms with Crippen LogP contribution in [0.2, 0.25) is 0 Å². The number of nitrogens with one attached hydrogen (secondary N) is 1. The smallest absolute Gasteiger partial charge is 0.251 e. The lowest BCUT2D eigenvalue weighted by molar-refractivity contribution is -0.121. The Morgan fingerprint density at radius 2 is 1.60 bits per heavy atom. The van der Waals surface area contributed by atoms with Crippen LogP contribution in [0, 0.1) is 17.5 Å². The first kappa shape index (κ1) is 26.6. The normalized spacial score (nSPS) is 11.8. The minimum absolute atomic E-state index is 0.0177. The minimum Gasteiger partial charge on any atom is -0.366 e. The van der Waals surface area contributed by atoms with Gasteiger partial charge in [0.05, 0.1) is 23.7 Å². The van der Waals surface area contributed by atoms with Gasteiger partial charge in [-0.1, -0.05) is 54.6 Å². The Bertz CT molecular complexity index is 1710. The molecule has 0 aliphatic carbocycles. The molecule has 5 aromatic rings. The summed E-state index contributed by atoms with van der Waals surface area (Å²) in [5, 5.41) is 4.91. The fourth-order valence-electron chi connectivity index (χ4n) is 4.87. The summed E-state index contributed by atoms with van der Waals surface area (Å²) in [7, 11) is 0. The highest BCUT2D eigenvalue weighted by molar-refractivity contribution is 5.94. The van der Waals surface area contributed by atoms with Gasteiger partial charge >= 0.3 is 0 Å². The van der Waals surface area contributed by atoms with E-state index in [4.69, 9.17) is 5.73 Å². The number of nitrogens with zero attached hydrogens (tertiary/aromatic N) is 1. The Hall–Kier alpha value is -4.98. The molecule has 3 N–H and O–H groups in total. The second-order valence-corrected chi connectivity index (χ2v) is 9.41. The number of fused-ring (bicyclic) bond motifs is 1. The highest BCUT2D eigenvalue weighted by Gasteiger charge is 2.23. The summed E-state index contributed by atoms with van der Waals surface area (Å²) in [5.41, 5.74) is 7.49. The maximum atomic E-state index is 14.2. The lowest BCUT2D eigenvalue weighted by Crippen LogP contribution is -2.32. The molecule has 5 rings (SSSR count). The number of hydrogen-bond acceptors (Lipinski definition) is 3. The van der Waals surface area contributed by atoms with Crippen molar-refractivity contribution in [2.45, 2.75) is 18.9 Å².